The number of ether oxygens (including phenoxy) is 1. The molecule has 1 heterocycles. The minimum absolute atomic E-state index is 0.00327. The van der Waals surface area contributed by atoms with Crippen LogP contribution in [0.25, 0.3) is 0 Å². The first-order chi connectivity index (χ1) is 9.83. The van der Waals surface area contributed by atoms with Crippen LogP contribution in [0.2, 0.25) is 0 Å². The van der Waals surface area contributed by atoms with Crippen molar-refractivity contribution in [3.63, 3.8) is 0 Å². The van der Waals surface area contributed by atoms with Crippen molar-refractivity contribution in [1.29, 1.82) is 0 Å². The molecule has 2 N–H and O–H groups in total. The Kier molecular flexibility index (Phi) is 6.31. The molecule has 0 aliphatic heterocycles. The number of rotatable bonds is 7. The third kappa shape index (κ3) is 4.51. The summed E-state index contributed by atoms with van der Waals surface area (Å²) in [5.74, 6) is -1.14. The number of aryl methyl sites for hydroxylation is 1. The van der Waals surface area contributed by atoms with E-state index in [4.69, 9.17) is 0 Å². The van der Waals surface area contributed by atoms with Gasteiger partial charge in [0.05, 0.1) is 13.7 Å². The zero-order valence-electron chi connectivity index (χ0n) is 12.1. The predicted molar refractivity (Wildman–Crippen MR) is 78.9 cm³/mol. The number of thiophene rings is 1. The molecule has 0 fully saturated rings. The first-order valence-electron chi connectivity index (χ1n) is 6.26. The SMILES string of the molecule is CCCNC(=O)CNS(=O)(=O)c1c(C)csc1C(=O)OC. The second kappa shape index (κ2) is 7.53. The fraction of sp³-hybridized carbons (Fsp3) is 0.500. The van der Waals surface area contributed by atoms with Crippen molar-refractivity contribution in [2.24, 2.45) is 0 Å². The van der Waals surface area contributed by atoms with Gasteiger partial charge in [0, 0.05) is 6.54 Å². The summed E-state index contributed by atoms with van der Waals surface area (Å²) in [6, 6.07) is 0. The van der Waals surface area contributed by atoms with E-state index in [1.165, 1.54) is 7.11 Å². The highest BCUT2D eigenvalue weighted by Gasteiger charge is 2.27. The van der Waals surface area contributed by atoms with Gasteiger partial charge in [0.1, 0.15) is 9.77 Å². The Bertz CT molecular complexity index is 622. The maximum Gasteiger partial charge on any atom is 0.349 e. The lowest BCUT2D eigenvalue weighted by Gasteiger charge is -2.08. The highest BCUT2D eigenvalue weighted by atomic mass is 32.2. The lowest BCUT2D eigenvalue weighted by atomic mass is 10.3. The highest BCUT2D eigenvalue weighted by Crippen LogP contribution is 2.27. The van der Waals surface area contributed by atoms with Gasteiger partial charge in [-0.2, -0.15) is 0 Å². The zero-order valence-corrected chi connectivity index (χ0v) is 13.7. The number of sulfonamides is 1. The molecule has 0 unspecified atom stereocenters. The predicted octanol–water partition coefficient (Wildman–Crippen LogP) is 0.648. The van der Waals surface area contributed by atoms with E-state index < -0.39 is 21.9 Å². The molecule has 7 nitrogen and oxygen atoms in total. The molecule has 0 bridgehead atoms. The molecule has 9 heteroatoms. The van der Waals surface area contributed by atoms with Crippen LogP contribution in [0.3, 0.4) is 0 Å². The van der Waals surface area contributed by atoms with Gasteiger partial charge in [-0.05, 0) is 24.3 Å². The number of carbonyl (C=O) groups excluding carboxylic acids is 2. The van der Waals surface area contributed by atoms with Gasteiger partial charge in [-0.15, -0.1) is 11.3 Å². The number of methoxy groups -OCH3 is 1. The van der Waals surface area contributed by atoms with Crippen molar-refractivity contribution < 1.29 is 22.7 Å². The first kappa shape index (κ1) is 17.6. The summed E-state index contributed by atoms with van der Waals surface area (Å²) in [5, 5.41) is 4.11. The van der Waals surface area contributed by atoms with Crippen molar-refractivity contribution >= 4 is 33.2 Å². The van der Waals surface area contributed by atoms with Crippen LogP contribution in [0.4, 0.5) is 0 Å². The molecule has 0 aromatic carbocycles. The molecule has 118 valence electrons. The molecular weight excluding hydrogens is 316 g/mol. The van der Waals surface area contributed by atoms with Crippen LogP contribution in [0.1, 0.15) is 28.6 Å². The minimum Gasteiger partial charge on any atom is -0.465 e. The fourth-order valence-electron chi connectivity index (χ4n) is 1.56. The lowest BCUT2D eigenvalue weighted by molar-refractivity contribution is -0.119. The van der Waals surface area contributed by atoms with E-state index in [0.29, 0.717) is 12.1 Å². The Morgan fingerprint density at radius 1 is 1.38 bits per heavy atom. The summed E-state index contributed by atoms with van der Waals surface area (Å²) in [6.07, 6.45) is 0.759. The van der Waals surface area contributed by atoms with Gasteiger partial charge in [0.25, 0.3) is 0 Å². The van der Waals surface area contributed by atoms with Gasteiger partial charge < -0.3 is 10.1 Å². The number of hydrogen-bond donors (Lipinski definition) is 2. The average Bonchev–Trinajstić information content (AvgIpc) is 2.84. The van der Waals surface area contributed by atoms with Crippen molar-refractivity contribution in [1.82, 2.24) is 10.0 Å². The topological polar surface area (TPSA) is 102 Å². The van der Waals surface area contributed by atoms with E-state index in [0.717, 1.165) is 17.8 Å². The van der Waals surface area contributed by atoms with E-state index in [1.54, 1.807) is 12.3 Å². The standard InChI is InChI=1S/C12H18N2O5S2/c1-4-5-13-9(15)6-14-21(17,18)11-8(2)7-20-10(11)12(16)19-3/h7,14H,4-6H2,1-3H3,(H,13,15). The molecule has 1 aromatic heterocycles. The Hall–Kier alpha value is -1.45. The van der Waals surface area contributed by atoms with E-state index in [9.17, 15) is 18.0 Å². The average molecular weight is 334 g/mol. The molecular formula is C12H18N2O5S2. The van der Waals surface area contributed by atoms with Crippen molar-refractivity contribution in [2.75, 3.05) is 20.2 Å². The van der Waals surface area contributed by atoms with E-state index in [-0.39, 0.29) is 16.3 Å². The molecule has 21 heavy (non-hydrogen) atoms. The normalized spacial score (nSPS) is 11.2. The van der Waals surface area contributed by atoms with E-state index in [2.05, 4.69) is 14.8 Å². The molecule has 0 saturated carbocycles. The Morgan fingerprint density at radius 3 is 2.62 bits per heavy atom. The summed E-state index contributed by atoms with van der Waals surface area (Å²) in [5.41, 5.74) is 0.432. The largest absolute Gasteiger partial charge is 0.465 e. The van der Waals surface area contributed by atoms with Gasteiger partial charge in [0.15, 0.2) is 0 Å². The van der Waals surface area contributed by atoms with Crippen LogP contribution in [0.5, 0.6) is 0 Å². The molecule has 0 saturated heterocycles. The quantitative estimate of drug-likeness (QED) is 0.713. The highest BCUT2D eigenvalue weighted by molar-refractivity contribution is 7.89. The molecule has 1 amide bonds. The van der Waals surface area contributed by atoms with Gasteiger partial charge >= 0.3 is 5.97 Å². The van der Waals surface area contributed by atoms with Crippen LogP contribution in [-0.4, -0.2) is 40.5 Å². The monoisotopic (exact) mass is 334 g/mol. The maximum absolute atomic E-state index is 12.2. The first-order valence-corrected chi connectivity index (χ1v) is 8.62. The summed E-state index contributed by atoms with van der Waals surface area (Å²) in [4.78, 5) is 22.9. The second-order valence-corrected chi connectivity index (χ2v) is 6.83. The summed E-state index contributed by atoms with van der Waals surface area (Å²) in [7, 11) is -2.77. The van der Waals surface area contributed by atoms with E-state index >= 15 is 0 Å². The van der Waals surface area contributed by atoms with Gasteiger partial charge in [-0.1, -0.05) is 6.92 Å². The van der Waals surface area contributed by atoms with Crippen molar-refractivity contribution in [3.05, 3.63) is 15.8 Å². The van der Waals surface area contributed by atoms with Crippen LogP contribution >= 0.6 is 11.3 Å². The Labute approximate surface area is 127 Å². The molecule has 0 aliphatic rings. The summed E-state index contributed by atoms with van der Waals surface area (Å²) in [6.45, 7) is 3.57. The fourth-order valence-corrected chi connectivity index (χ4v) is 4.24. The second-order valence-electron chi connectivity index (χ2n) is 4.24. The summed E-state index contributed by atoms with van der Waals surface area (Å²) < 4.78 is 31.2. The van der Waals surface area contributed by atoms with Crippen molar-refractivity contribution in [3.8, 4) is 0 Å². The molecule has 0 atom stereocenters. The number of esters is 1. The third-order valence-electron chi connectivity index (χ3n) is 2.55. The van der Waals surface area contributed by atoms with Crippen LogP contribution < -0.4 is 10.0 Å². The van der Waals surface area contributed by atoms with Gasteiger partial charge in [-0.25, -0.2) is 17.9 Å². The smallest absolute Gasteiger partial charge is 0.349 e. The van der Waals surface area contributed by atoms with Crippen molar-refractivity contribution in [2.45, 2.75) is 25.2 Å². The van der Waals surface area contributed by atoms with E-state index in [1.807, 2.05) is 6.92 Å². The molecule has 1 aromatic rings. The lowest BCUT2D eigenvalue weighted by Crippen LogP contribution is -2.37. The summed E-state index contributed by atoms with van der Waals surface area (Å²) >= 11 is 0.990. The number of amides is 1. The zero-order chi connectivity index (χ0) is 16.0. The molecule has 1 rings (SSSR count). The van der Waals surface area contributed by atoms with Crippen LogP contribution in [0.15, 0.2) is 10.3 Å². The Morgan fingerprint density at radius 2 is 2.05 bits per heavy atom. The third-order valence-corrected chi connectivity index (χ3v) is 5.35. The molecule has 0 radical (unpaired) electrons. The van der Waals surface area contributed by atoms with Crippen LogP contribution in [0, 0.1) is 6.92 Å². The maximum atomic E-state index is 12.2. The minimum atomic E-state index is -3.95. The van der Waals surface area contributed by atoms with Crippen LogP contribution in [-0.2, 0) is 19.6 Å². The molecule has 0 spiro atoms. The van der Waals surface area contributed by atoms with Gasteiger partial charge in [0.2, 0.25) is 15.9 Å². The van der Waals surface area contributed by atoms with Gasteiger partial charge in [-0.3, -0.25) is 4.79 Å². The number of nitrogens with one attached hydrogen (secondary N) is 2. The number of hydrogen-bond acceptors (Lipinski definition) is 6. The molecule has 0 aliphatic carbocycles. The Balaban J connectivity index is 2.91. The number of carbonyl (C=O) groups is 2.